The second kappa shape index (κ2) is 12.3. The van der Waals surface area contributed by atoms with Gasteiger partial charge in [0.2, 0.25) is 6.04 Å². The Morgan fingerprint density at radius 2 is 1.64 bits per heavy atom. The highest BCUT2D eigenvalue weighted by Gasteiger charge is 2.26. The second-order valence-corrected chi connectivity index (χ2v) is 7.25. The third-order valence-corrected chi connectivity index (χ3v) is 4.96. The van der Waals surface area contributed by atoms with Crippen LogP contribution in [0.1, 0.15) is 20.8 Å². The van der Waals surface area contributed by atoms with Gasteiger partial charge in [-0.05, 0) is 45.0 Å². The number of halogens is 2. The normalized spacial score (nSPS) is 11.7. The average Bonchev–Trinajstić information content (AvgIpc) is 2.78. The van der Waals surface area contributed by atoms with Gasteiger partial charge in [-0.15, -0.1) is 5.11 Å². The summed E-state index contributed by atoms with van der Waals surface area (Å²) < 4.78 is 21.6. The molecule has 0 radical (unpaired) electrons. The molecular weight excluding hydrogens is 473 g/mol. The van der Waals surface area contributed by atoms with Crippen LogP contribution >= 0.6 is 23.2 Å². The molecule has 0 aliphatic carbocycles. The van der Waals surface area contributed by atoms with E-state index in [1.54, 1.807) is 25.1 Å². The summed E-state index contributed by atoms with van der Waals surface area (Å²) in [4.78, 5) is 25.0. The van der Waals surface area contributed by atoms with Gasteiger partial charge in [-0.3, -0.25) is 9.59 Å². The Labute approximate surface area is 202 Å². The van der Waals surface area contributed by atoms with E-state index < -0.39 is 17.7 Å². The number of carbonyl (C=O) groups excluding carboxylic acids is 2. The van der Waals surface area contributed by atoms with Crippen LogP contribution in [0.15, 0.2) is 34.5 Å². The van der Waals surface area contributed by atoms with Gasteiger partial charge in [0.25, 0.3) is 5.91 Å². The monoisotopic (exact) mass is 497 g/mol. The molecule has 2 aromatic rings. The van der Waals surface area contributed by atoms with E-state index in [-0.39, 0.29) is 32.9 Å². The molecule has 1 amide bonds. The van der Waals surface area contributed by atoms with Crippen LogP contribution < -0.4 is 24.3 Å². The van der Waals surface area contributed by atoms with Crippen LogP contribution in [0.2, 0.25) is 10.0 Å². The Morgan fingerprint density at radius 1 is 0.970 bits per heavy atom. The third-order valence-electron chi connectivity index (χ3n) is 4.28. The minimum atomic E-state index is -1.46. The molecule has 0 fully saturated rings. The van der Waals surface area contributed by atoms with Crippen molar-refractivity contribution in [3.8, 4) is 23.0 Å². The van der Waals surface area contributed by atoms with Crippen LogP contribution in [-0.4, -0.2) is 45.2 Å². The van der Waals surface area contributed by atoms with E-state index in [1.165, 1.54) is 27.2 Å². The highest BCUT2D eigenvalue weighted by molar-refractivity contribution is 6.35. The zero-order chi connectivity index (χ0) is 24.5. The summed E-state index contributed by atoms with van der Waals surface area (Å²) in [6.07, 6.45) is 0. The van der Waals surface area contributed by atoms with E-state index in [2.05, 4.69) is 15.5 Å². The molecule has 1 atom stereocenters. The van der Waals surface area contributed by atoms with Crippen molar-refractivity contribution in [2.75, 3.05) is 32.8 Å². The van der Waals surface area contributed by atoms with Crippen LogP contribution in [0, 0.1) is 0 Å². The van der Waals surface area contributed by atoms with Crippen molar-refractivity contribution in [1.29, 1.82) is 0 Å². The molecule has 33 heavy (non-hydrogen) atoms. The zero-order valence-corrected chi connectivity index (χ0v) is 20.4. The summed E-state index contributed by atoms with van der Waals surface area (Å²) in [6, 6.07) is 4.83. The number of ether oxygens (including phenoxy) is 4. The summed E-state index contributed by atoms with van der Waals surface area (Å²) in [7, 11) is 2.87. The van der Waals surface area contributed by atoms with Gasteiger partial charge in [0.1, 0.15) is 10.7 Å². The zero-order valence-electron chi connectivity index (χ0n) is 18.9. The number of carbonyl (C=O) groups is 2. The van der Waals surface area contributed by atoms with Crippen LogP contribution in [-0.2, 0) is 9.59 Å². The van der Waals surface area contributed by atoms with Gasteiger partial charge < -0.3 is 24.3 Å². The number of methoxy groups -OCH3 is 2. The van der Waals surface area contributed by atoms with Crippen molar-refractivity contribution in [2.24, 2.45) is 10.2 Å². The molecule has 0 spiro atoms. The van der Waals surface area contributed by atoms with Crippen molar-refractivity contribution >= 4 is 46.3 Å². The van der Waals surface area contributed by atoms with Gasteiger partial charge in [0.05, 0.1) is 38.1 Å². The second-order valence-electron chi connectivity index (χ2n) is 6.47. The molecule has 0 aromatic heterocycles. The SMILES string of the molecule is CCOc1ccc(Cl)c(N=NC(C(C)=O)C(=O)Nc2ccc(OC)c(OC)c2Cl)c1OCC. The number of benzene rings is 2. The smallest absolute Gasteiger partial charge is 0.258 e. The highest BCUT2D eigenvalue weighted by Crippen LogP contribution is 2.43. The van der Waals surface area contributed by atoms with E-state index in [1.807, 2.05) is 6.92 Å². The van der Waals surface area contributed by atoms with E-state index in [0.29, 0.717) is 24.7 Å². The predicted octanol–water partition coefficient (Wildman–Crippen LogP) is 5.49. The van der Waals surface area contributed by atoms with Gasteiger partial charge in [0.15, 0.2) is 28.8 Å². The fourth-order valence-electron chi connectivity index (χ4n) is 2.80. The number of amides is 1. The molecule has 0 saturated heterocycles. The first-order valence-electron chi connectivity index (χ1n) is 9.99. The lowest BCUT2D eigenvalue weighted by Crippen LogP contribution is -2.32. The molecule has 0 bridgehead atoms. The molecule has 0 heterocycles. The van der Waals surface area contributed by atoms with Crippen molar-refractivity contribution in [2.45, 2.75) is 26.8 Å². The summed E-state index contributed by atoms with van der Waals surface area (Å²) >= 11 is 12.6. The van der Waals surface area contributed by atoms with Crippen molar-refractivity contribution in [1.82, 2.24) is 0 Å². The van der Waals surface area contributed by atoms with E-state index in [0.717, 1.165) is 0 Å². The lowest BCUT2D eigenvalue weighted by atomic mass is 10.2. The minimum absolute atomic E-state index is 0.107. The molecule has 0 saturated carbocycles. The number of rotatable bonds is 11. The van der Waals surface area contributed by atoms with Crippen LogP contribution in [0.25, 0.3) is 0 Å². The first-order chi connectivity index (χ1) is 15.8. The predicted molar refractivity (Wildman–Crippen MR) is 126 cm³/mol. The number of hydrogen-bond acceptors (Lipinski definition) is 8. The van der Waals surface area contributed by atoms with E-state index >= 15 is 0 Å². The Bertz CT molecular complexity index is 1050. The number of anilines is 1. The Morgan fingerprint density at radius 3 is 2.21 bits per heavy atom. The minimum Gasteiger partial charge on any atom is -0.493 e. The maximum atomic E-state index is 12.8. The van der Waals surface area contributed by atoms with Crippen LogP contribution in [0.3, 0.4) is 0 Å². The van der Waals surface area contributed by atoms with Gasteiger partial charge >= 0.3 is 0 Å². The number of ketones is 1. The van der Waals surface area contributed by atoms with Crippen LogP contribution in [0.4, 0.5) is 11.4 Å². The average molecular weight is 498 g/mol. The Kier molecular flexibility index (Phi) is 9.74. The molecule has 1 unspecified atom stereocenters. The molecule has 11 heteroatoms. The third kappa shape index (κ3) is 6.27. The van der Waals surface area contributed by atoms with Gasteiger partial charge in [-0.1, -0.05) is 23.2 Å². The standard InChI is InChI=1S/C22H25Cl2N3O6/c1-6-32-16-10-8-13(23)19(21(16)33-7-2)27-26-18(12(3)28)22(29)25-14-9-11-15(30-4)20(31-5)17(14)24/h8-11,18H,6-7H2,1-5H3,(H,25,29). The van der Waals surface area contributed by atoms with Crippen molar-refractivity contribution in [3.05, 3.63) is 34.3 Å². The van der Waals surface area contributed by atoms with Crippen molar-refractivity contribution < 1.29 is 28.5 Å². The summed E-state index contributed by atoms with van der Waals surface area (Å²) in [5.41, 5.74) is 0.361. The maximum absolute atomic E-state index is 12.8. The van der Waals surface area contributed by atoms with Crippen molar-refractivity contribution in [3.63, 3.8) is 0 Å². The largest absolute Gasteiger partial charge is 0.493 e. The molecule has 0 aliphatic rings. The quantitative estimate of drug-likeness (QED) is 0.324. The number of Topliss-reactive ketones (excluding diaryl/α,β-unsaturated/α-hetero) is 1. The first kappa shape index (κ1) is 26.2. The molecule has 9 nitrogen and oxygen atoms in total. The first-order valence-corrected chi connectivity index (χ1v) is 10.7. The fraction of sp³-hybridized carbons (Fsp3) is 0.364. The number of hydrogen-bond donors (Lipinski definition) is 1. The number of nitrogens with one attached hydrogen (secondary N) is 1. The molecule has 1 N–H and O–H groups in total. The lowest BCUT2D eigenvalue weighted by molar-refractivity contribution is -0.126. The molecule has 0 aliphatic heterocycles. The number of azo groups is 1. The molecular formula is C22H25Cl2N3O6. The van der Waals surface area contributed by atoms with Gasteiger partial charge in [0, 0.05) is 0 Å². The van der Waals surface area contributed by atoms with E-state index in [9.17, 15) is 9.59 Å². The molecule has 2 aromatic carbocycles. The molecule has 2 rings (SSSR count). The highest BCUT2D eigenvalue weighted by atomic mass is 35.5. The topological polar surface area (TPSA) is 108 Å². The summed E-state index contributed by atoms with van der Waals surface area (Å²) in [5.74, 6) is 0.0209. The summed E-state index contributed by atoms with van der Waals surface area (Å²) in [6.45, 7) is 5.54. The Balaban J connectivity index is 2.38. The molecule has 178 valence electrons. The van der Waals surface area contributed by atoms with E-state index in [4.69, 9.17) is 42.1 Å². The van der Waals surface area contributed by atoms with Gasteiger partial charge in [-0.2, -0.15) is 5.11 Å². The Hall–Kier alpha value is -3.04. The fourth-order valence-corrected chi connectivity index (χ4v) is 3.26. The van der Waals surface area contributed by atoms with Crippen LogP contribution in [0.5, 0.6) is 23.0 Å². The summed E-state index contributed by atoms with van der Waals surface area (Å²) in [5, 5.41) is 10.9. The maximum Gasteiger partial charge on any atom is 0.258 e. The lowest BCUT2D eigenvalue weighted by Gasteiger charge is -2.15. The van der Waals surface area contributed by atoms with Gasteiger partial charge in [-0.25, -0.2) is 0 Å². The number of nitrogens with zero attached hydrogens (tertiary/aromatic N) is 2.